The van der Waals surface area contributed by atoms with E-state index in [4.69, 9.17) is 9.15 Å². The first-order valence-electron chi connectivity index (χ1n) is 7.81. The molecule has 0 N–H and O–H groups in total. The fourth-order valence-corrected chi connectivity index (χ4v) is 3.73. The van der Waals surface area contributed by atoms with Crippen molar-refractivity contribution in [3.8, 4) is 5.06 Å². The van der Waals surface area contributed by atoms with Crippen molar-refractivity contribution in [1.82, 2.24) is 0 Å². The number of methoxy groups -OCH3 is 1. The Bertz CT molecular complexity index is 555. The molecule has 0 aliphatic rings. The minimum atomic E-state index is -0.0521. The van der Waals surface area contributed by atoms with Crippen LogP contribution in [-0.2, 0) is 5.41 Å². The molecule has 0 aromatic carbocycles. The molecule has 2 aromatic rings. The van der Waals surface area contributed by atoms with Gasteiger partial charge >= 0.3 is 0 Å². The summed E-state index contributed by atoms with van der Waals surface area (Å²) in [4.78, 5) is 1.32. The highest BCUT2D eigenvalue weighted by atomic mass is 32.1. The summed E-state index contributed by atoms with van der Waals surface area (Å²) in [5.41, 5.74) is -0.0521. The average molecular weight is 306 g/mol. The topological polar surface area (TPSA) is 22.4 Å². The molecule has 3 heteroatoms. The van der Waals surface area contributed by atoms with E-state index in [-0.39, 0.29) is 5.41 Å². The molecular weight excluding hydrogens is 280 g/mol. The second-order valence-corrected chi connectivity index (χ2v) is 6.92. The van der Waals surface area contributed by atoms with Gasteiger partial charge in [-0.25, -0.2) is 0 Å². The minimum absolute atomic E-state index is 0.0521. The molecule has 1 unspecified atom stereocenters. The summed E-state index contributed by atoms with van der Waals surface area (Å²) in [7, 11) is 1.73. The lowest BCUT2D eigenvalue weighted by Gasteiger charge is -2.26. The Hall–Kier alpha value is -1.22. The highest BCUT2D eigenvalue weighted by molar-refractivity contribution is 7.14. The van der Waals surface area contributed by atoms with Gasteiger partial charge in [-0.15, -0.1) is 11.3 Å². The van der Waals surface area contributed by atoms with E-state index in [1.807, 2.05) is 6.92 Å². The maximum atomic E-state index is 5.97. The van der Waals surface area contributed by atoms with Crippen LogP contribution >= 0.6 is 11.3 Å². The largest absolute Gasteiger partial charge is 0.487 e. The Labute approximate surface area is 132 Å². The quantitative estimate of drug-likeness (QED) is 0.564. The van der Waals surface area contributed by atoms with Gasteiger partial charge < -0.3 is 9.15 Å². The van der Waals surface area contributed by atoms with E-state index in [2.05, 4.69) is 38.1 Å². The molecule has 21 heavy (non-hydrogen) atoms. The summed E-state index contributed by atoms with van der Waals surface area (Å²) in [6, 6.07) is 8.42. The Morgan fingerprint density at radius 3 is 2.52 bits per heavy atom. The van der Waals surface area contributed by atoms with Gasteiger partial charge in [0, 0.05) is 4.88 Å². The standard InChI is InChI=1S/C18H26O2S/c1-5-6-7-8-13-18(3,15-10-9-14(2)20-15)16-11-12-17(19-4)21-16/h9-12H,5-8,13H2,1-4H3. The number of unbranched alkanes of at least 4 members (excludes halogenated alkanes) is 3. The summed E-state index contributed by atoms with van der Waals surface area (Å²) in [6.07, 6.45) is 6.20. The number of aryl methyl sites for hydroxylation is 1. The van der Waals surface area contributed by atoms with Gasteiger partial charge in [0.05, 0.1) is 12.5 Å². The van der Waals surface area contributed by atoms with Crippen LogP contribution in [0.15, 0.2) is 28.7 Å². The SMILES string of the molecule is CCCCCCC(C)(c1ccc(C)o1)c1ccc(OC)s1. The van der Waals surface area contributed by atoms with Gasteiger partial charge in [-0.3, -0.25) is 0 Å². The van der Waals surface area contributed by atoms with Gasteiger partial charge in [-0.05, 0) is 44.5 Å². The molecule has 0 bridgehead atoms. The maximum absolute atomic E-state index is 5.97. The summed E-state index contributed by atoms with van der Waals surface area (Å²) in [5.74, 6) is 2.05. The van der Waals surface area contributed by atoms with E-state index < -0.39 is 0 Å². The lowest BCUT2D eigenvalue weighted by atomic mass is 9.80. The first kappa shape index (κ1) is 16.2. The molecular formula is C18H26O2S. The number of hydrogen-bond donors (Lipinski definition) is 0. The van der Waals surface area contributed by atoms with E-state index in [0.717, 1.165) is 23.0 Å². The van der Waals surface area contributed by atoms with Crippen molar-refractivity contribution in [3.05, 3.63) is 40.7 Å². The van der Waals surface area contributed by atoms with E-state index in [1.165, 1.54) is 30.6 Å². The Kier molecular flexibility index (Phi) is 5.51. The first-order chi connectivity index (χ1) is 10.1. The molecule has 0 saturated carbocycles. The van der Waals surface area contributed by atoms with Crippen molar-refractivity contribution in [2.45, 2.75) is 58.3 Å². The summed E-state index contributed by atoms with van der Waals surface area (Å²) >= 11 is 1.73. The van der Waals surface area contributed by atoms with Gasteiger partial charge in [-0.1, -0.05) is 32.6 Å². The molecule has 0 aliphatic carbocycles. The van der Waals surface area contributed by atoms with Crippen LogP contribution in [0.4, 0.5) is 0 Å². The fourth-order valence-electron chi connectivity index (χ4n) is 2.73. The predicted octanol–water partition coefficient (Wildman–Crippen LogP) is 5.93. The normalized spacial score (nSPS) is 14.1. The molecule has 0 saturated heterocycles. The van der Waals surface area contributed by atoms with Crippen molar-refractivity contribution >= 4 is 11.3 Å². The molecule has 1 atom stereocenters. The van der Waals surface area contributed by atoms with Crippen molar-refractivity contribution < 1.29 is 9.15 Å². The Balaban J connectivity index is 2.24. The third-order valence-corrected chi connectivity index (χ3v) is 5.45. The highest BCUT2D eigenvalue weighted by Gasteiger charge is 2.33. The number of hydrogen-bond acceptors (Lipinski definition) is 3. The zero-order chi connectivity index (χ0) is 15.3. The third-order valence-electron chi connectivity index (χ3n) is 4.14. The van der Waals surface area contributed by atoms with Crippen LogP contribution in [0.3, 0.4) is 0 Å². The van der Waals surface area contributed by atoms with Gasteiger partial charge in [-0.2, -0.15) is 0 Å². The predicted molar refractivity (Wildman–Crippen MR) is 89.5 cm³/mol. The lowest BCUT2D eigenvalue weighted by Crippen LogP contribution is -2.21. The monoisotopic (exact) mass is 306 g/mol. The zero-order valence-electron chi connectivity index (χ0n) is 13.6. The smallest absolute Gasteiger partial charge is 0.173 e. The van der Waals surface area contributed by atoms with Crippen molar-refractivity contribution in [1.29, 1.82) is 0 Å². The van der Waals surface area contributed by atoms with Crippen molar-refractivity contribution in [2.75, 3.05) is 7.11 Å². The van der Waals surface area contributed by atoms with Crippen LogP contribution in [0.1, 0.15) is 62.3 Å². The van der Waals surface area contributed by atoms with Crippen LogP contribution in [0.5, 0.6) is 5.06 Å². The molecule has 116 valence electrons. The summed E-state index contributed by atoms with van der Waals surface area (Å²) in [6.45, 7) is 6.55. The van der Waals surface area contributed by atoms with Crippen molar-refractivity contribution in [3.63, 3.8) is 0 Å². The lowest BCUT2D eigenvalue weighted by molar-refractivity contribution is 0.370. The van der Waals surface area contributed by atoms with Crippen LogP contribution in [0.2, 0.25) is 0 Å². The van der Waals surface area contributed by atoms with Crippen LogP contribution in [0, 0.1) is 6.92 Å². The molecule has 0 radical (unpaired) electrons. The fraction of sp³-hybridized carbons (Fsp3) is 0.556. The minimum Gasteiger partial charge on any atom is -0.487 e. The van der Waals surface area contributed by atoms with Crippen LogP contribution in [-0.4, -0.2) is 7.11 Å². The molecule has 0 spiro atoms. The van der Waals surface area contributed by atoms with E-state index in [9.17, 15) is 0 Å². The second-order valence-electron chi connectivity index (χ2n) is 5.88. The molecule has 2 rings (SSSR count). The first-order valence-corrected chi connectivity index (χ1v) is 8.63. The third kappa shape index (κ3) is 3.70. The number of furan rings is 1. The second kappa shape index (κ2) is 7.17. The van der Waals surface area contributed by atoms with Crippen LogP contribution < -0.4 is 4.74 Å². The Morgan fingerprint density at radius 1 is 1.14 bits per heavy atom. The van der Waals surface area contributed by atoms with E-state index in [0.29, 0.717) is 0 Å². The highest BCUT2D eigenvalue weighted by Crippen LogP contribution is 2.43. The van der Waals surface area contributed by atoms with E-state index >= 15 is 0 Å². The van der Waals surface area contributed by atoms with Gasteiger partial charge in [0.1, 0.15) is 11.5 Å². The van der Waals surface area contributed by atoms with Crippen LogP contribution in [0.25, 0.3) is 0 Å². The van der Waals surface area contributed by atoms with Gasteiger partial charge in [0.25, 0.3) is 0 Å². The molecule has 2 aromatic heterocycles. The van der Waals surface area contributed by atoms with Gasteiger partial charge in [0.15, 0.2) is 5.06 Å². The molecule has 0 fully saturated rings. The summed E-state index contributed by atoms with van der Waals surface area (Å²) < 4.78 is 11.3. The molecule has 0 aliphatic heterocycles. The number of thiophene rings is 1. The van der Waals surface area contributed by atoms with Crippen molar-refractivity contribution in [2.24, 2.45) is 0 Å². The number of ether oxygens (including phenoxy) is 1. The number of rotatable bonds is 8. The maximum Gasteiger partial charge on any atom is 0.173 e. The van der Waals surface area contributed by atoms with Gasteiger partial charge in [0.2, 0.25) is 0 Å². The molecule has 2 nitrogen and oxygen atoms in total. The zero-order valence-corrected chi connectivity index (χ0v) is 14.4. The molecule has 2 heterocycles. The average Bonchev–Trinajstić information content (AvgIpc) is 3.12. The van der Waals surface area contributed by atoms with E-state index in [1.54, 1.807) is 18.4 Å². The Morgan fingerprint density at radius 2 is 1.95 bits per heavy atom. The summed E-state index contributed by atoms with van der Waals surface area (Å²) in [5, 5.41) is 0.966. The molecule has 0 amide bonds.